The highest BCUT2D eigenvalue weighted by Crippen LogP contribution is 2.19. The van der Waals surface area contributed by atoms with Crippen molar-refractivity contribution < 1.29 is 0 Å². The number of hydrogen-bond acceptors (Lipinski definition) is 2. The molecule has 5 heteroatoms. The minimum Gasteiger partial charge on any atom is -0.229 e. The monoisotopic (exact) mass is 270 g/mol. The van der Waals surface area contributed by atoms with Crippen LogP contribution in [0.4, 0.5) is 0 Å². The Labute approximate surface area is 73.9 Å². The maximum Gasteiger partial charge on any atom is 0.198 e. The highest BCUT2D eigenvalue weighted by molar-refractivity contribution is 9.11. The van der Waals surface area contributed by atoms with Crippen LogP contribution in [0.5, 0.6) is 0 Å². The van der Waals surface area contributed by atoms with Gasteiger partial charge in [0, 0.05) is 6.20 Å². The minimum absolute atomic E-state index is 0.414. The molecule has 1 aromatic rings. The summed E-state index contributed by atoms with van der Waals surface area (Å²) in [6, 6.07) is 0. The van der Waals surface area contributed by atoms with Gasteiger partial charge in [0.15, 0.2) is 4.73 Å². The molecule has 0 aliphatic carbocycles. The summed E-state index contributed by atoms with van der Waals surface area (Å²) in [7, 11) is 0. The first kappa shape index (κ1) is 7.44. The van der Waals surface area contributed by atoms with Gasteiger partial charge in [0.1, 0.15) is 5.15 Å². The average molecular weight is 272 g/mol. The molecule has 0 spiro atoms. The standard InChI is InChI=1S/C4HBr2ClN2/c5-2-1-8-4(6)9-3(2)7/h1H. The molecule has 0 aromatic carbocycles. The Morgan fingerprint density at radius 1 is 1.44 bits per heavy atom. The summed E-state index contributed by atoms with van der Waals surface area (Å²) in [6.45, 7) is 0. The Hall–Kier alpha value is 0.330. The lowest BCUT2D eigenvalue weighted by molar-refractivity contribution is 1.10. The van der Waals surface area contributed by atoms with Crippen molar-refractivity contribution in [3.8, 4) is 0 Å². The van der Waals surface area contributed by atoms with Crippen LogP contribution >= 0.6 is 43.5 Å². The smallest absolute Gasteiger partial charge is 0.198 e. The lowest BCUT2D eigenvalue weighted by Crippen LogP contribution is -1.81. The van der Waals surface area contributed by atoms with Crippen LogP contribution in [0.3, 0.4) is 0 Å². The largest absolute Gasteiger partial charge is 0.229 e. The van der Waals surface area contributed by atoms with Crippen LogP contribution in [-0.4, -0.2) is 9.97 Å². The van der Waals surface area contributed by atoms with E-state index in [0.29, 0.717) is 14.4 Å². The molecule has 0 atom stereocenters. The Morgan fingerprint density at radius 2 is 2.11 bits per heavy atom. The second kappa shape index (κ2) is 2.94. The molecule has 0 saturated heterocycles. The van der Waals surface area contributed by atoms with Crippen molar-refractivity contribution in [1.82, 2.24) is 9.97 Å². The van der Waals surface area contributed by atoms with E-state index in [0.717, 1.165) is 0 Å². The summed E-state index contributed by atoms with van der Waals surface area (Å²) < 4.78 is 1.20. The van der Waals surface area contributed by atoms with E-state index in [4.69, 9.17) is 11.6 Å². The zero-order valence-corrected chi connectivity index (χ0v) is 8.03. The minimum atomic E-state index is 0.414. The number of hydrogen-bond donors (Lipinski definition) is 0. The SMILES string of the molecule is Clc1nc(Br)ncc1Br. The first-order valence-electron chi connectivity index (χ1n) is 2.03. The molecular formula is C4HBr2ClN2. The Balaban J connectivity index is 3.17. The molecular weight excluding hydrogens is 271 g/mol. The van der Waals surface area contributed by atoms with Gasteiger partial charge in [-0.2, -0.15) is 0 Å². The fraction of sp³-hybridized carbons (Fsp3) is 0. The summed E-state index contributed by atoms with van der Waals surface area (Å²) in [5.41, 5.74) is 0. The summed E-state index contributed by atoms with van der Waals surface area (Å²) >= 11 is 11.8. The van der Waals surface area contributed by atoms with E-state index in [1.54, 1.807) is 6.20 Å². The molecule has 1 rings (SSSR count). The van der Waals surface area contributed by atoms with Gasteiger partial charge >= 0.3 is 0 Å². The molecule has 2 nitrogen and oxygen atoms in total. The quantitative estimate of drug-likeness (QED) is 0.536. The van der Waals surface area contributed by atoms with Gasteiger partial charge in [-0.3, -0.25) is 0 Å². The van der Waals surface area contributed by atoms with E-state index < -0.39 is 0 Å². The number of halogens is 3. The third kappa shape index (κ3) is 1.88. The van der Waals surface area contributed by atoms with Gasteiger partial charge < -0.3 is 0 Å². The van der Waals surface area contributed by atoms with Crippen molar-refractivity contribution in [1.29, 1.82) is 0 Å². The molecule has 48 valence electrons. The predicted molar refractivity (Wildman–Crippen MR) is 42.4 cm³/mol. The molecule has 0 N–H and O–H groups in total. The van der Waals surface area contributed by atoms with E-state index in [-0.39, 0.29) is 0 Å². The number of nitrogens with zero attached hydrogens (tertiary/aromatic N) is 2. The average Bonchev–Trinajstić information content (AvgIpc) is 1.80. The van der Waals surface area contributed by atoms with Gasteiger partial charge in [-0.25, -0.2) is 9.97 Å². The fourth-order valence-corrected chi connectivity index (χ4v) is 1.03. The molecule has 0 saturated carbocycles. The van der Waals surface area contributed by atoms with Gasteiger partial charge in [0.05, 0.1) is 4.47 Å². The maximum atomic E-state index is 5.59. The molecule has 1 heterocycles. The van der Waals surface area contributed by atoms with Crippen LogP contribution in [0, 0.1) is 0 Å². The first-order chi connectivity index (χ1) is 4.20. The molecule has 0 unspecified atom stereocenters. The van der Waals surface area contributed by atoms with E-state index in [1.807, 2.05) is 0 Å². The zero-order valence-electron chi connectivity index (χ0n) is 4.11. The van der Waals surface area contributed by atoms with Crippen LogP contribution in [0.25, 0.3) is 0 Å². The van der Waals surface area contributed by atoms with Crippen molar-refractivity contribution >= 4 is 43.5 Å². The normalized spacial score (nSPS) is 9.67. The van der Waals surface area contributed by atoms with Gasteiger partial charge in [-0.15, -0.1) is 0 Å². The Bertz CT molecular complexity index is 228. The Morgan fingerprint density at radius 3 is 2.56 bits per heavy atom. The second-order valence-corrected chi connectivity index (χ2v) is 3.20. The lowest BCUT2D eigenvalue weighted by Gasteiger charge is -1.91. The van der Waals surface area contributed by atoms with Crippen molar-refractivity contribution in [2.24, 2.45) is 0 Å². The molecule has 9 heavy (non-hydrogen) atoms. The molecule has 0 radical (unpaired) electrons. The molecule has 1 aromatic heterocycles. The predicted octanol–water partition coefficient (Wildman–Crippen LogP) is 2.65. The molecule has 0 amide bonds. The third-order valence-electron chi connectivity index (χ3n) is 0.672. The second-order valence-electron chi connectivity index (χ2n) is 1.28. The summed E-state index contributed by atoms with van der Waals surface area (Å²) in [6.07, 6.45) is 1.58. The van der Waals surface area contributed by atoms with Crippen LogP contribution < -0.4 is 0 Å². The molecule has 0 fully saturated rings. The third-order valence-corrected chi connectivity index (χ3v) is 2.15. The highest BCUT2D eigenvalue weighted by atomic mass is 79.9. The van der Waals surface area contributed by atoms with Crippen molar-refractivity contribution in [2.75, 3.05) is 0 Å². The van der Waals surface area contributed by atoms with Gasteiger partial charge in [-0.1, -0.05) is 11.6 Å². The lowest BCUT2D eigenvalue weighted by atomic mass is 10.7. The van der Waals surface area contributed by atoms with Gasteiger partial charge in [0.25, 0.3) is 0 Å². The summed E-state index contributed by atoms with van der Waals surface area (Å²) in [4.78, 5) is 7.61. The summed E-state index contributed by atoms with van der Waals surface area (Å²) in [5, 5.41) is 0.414. The zero-order chi connectivity index (χ0) is 6.85. The fourth-order valence-electron chi connectivity index (χ4n) is 0.326. The van der Waals surface area contributed by atoms with E-state index in [2.05, 4.69) is 41.8 Å². The van der Waals surface area contributed by atoms with Crippen molar-refractivity contribution in [2.45, 2.75) is 0 Å². The molecule has 0 aliphatic heterocycles. The van der Waals surface area contributed by atoms with Crippen molar-refractivity contribution in [3.63, 3.8) is 0 Å². The van der Waals surface area contributed by atoms with Crippen LogP contribution in [0.15, 0.2) is 15.4 Å². The van der Waals surface area contributed by atoms with E-state index >= 15 is 0 Å². The van der Waals surface area contributed by atoms with E-state index in [9.17, 15) is 0 Å². The Kier molecular flexibility index (Phi) is 2.43. The van der Waals surface area contributed by atoms with Gasteiger partial charge in [0.2, 0.25) is 0 Å². The van der Waals surface area contributed by atoms with Crippen LogP contribution in [-0.2, 0) is 0 Å². The maximum absolute atomic E-state index is 5.59. The topological polar surface area (TPSA) is 25.8 Å². The van der Waals surface area contributed by atoms with E-state index in [1.165, 1.54) is 0 Å². The molecule has 0 aliphatic rings. The summed E-state index contributed by atoms with van der Waals surface area (Å²) in [5.74, 6) is 0. The first-order valence-corrected chi connectivity index (χ1v) is 4.00. The van der Waals surface area contributed by atoms with Crippen LogP contribution in [0.2, 0.25) is 5.15 Å². The van der Waals surface area contributed by atoms with Crippen LogP contribution in [0.1, 0.15) is 0 Å². The van der Waals surface area contributed by atoms with Gasteiger partial charge in [-0.05, 0) is 31.9 Å². The number of rotatable bonds is 0. The molecule has 0 bridgehead atoms. The number of aromatic nitrogens is 2. The highest BCUT2D eigenvalue weighted by Gasteiger charge is 1.97. The van der Waals surface area contributed by atoms with Crippen molar-refractivity contribution in [3.05, 3.63) is 20.6 Å².